The first-order valence-electron chi connectivity index (χ1n) is 6.31. The van der Waals surface area contributed by atoms with Crippen molar-refractivity contribution in [1.29, 1.82) is 0 Å². The summed E-state index contributed by atoms with van der Waals surface area (Å²) in [6.45, 7) is 5.88. The molecule has 3 unspecified atom stereocenters. The van der Waals surface area contributed by atoms with Crippen LogP contribution < -0.4 is 5.32 Å². The molecule has 17 heavy (non-hydrogen) atoms. The van der Waals surface area contributed by atoms with Crippen molar-refractivity contribution in [3.8, 4) is 0 Å². The number of carboxylic acids is 1. The van der Waals surface area contributed by atoms with Gasteiger partial charge in [-0.05, 0) is 31.6 Å². The summed E-state index contributed by atoms with van der Waals surface area (Å²) in [6.07, 6.45) is 3.22. The molecule has 96 valence electrons. The van der Waals surface area contributed by atoms with Gasteiger partial charge >= 0.3 is 5.97 Å². The van der Waals surface area contributed by atoms with Gasteiger partial charge in [-0.2, -0.15) is 0 Å². The number of nitrogens with one attached hydrogen (secondary N) is 1. The maximum absolute atomic E-state index is 12.0. The lowest BCUT2D eigenvalue weighted by atomic mass is 9.85. The number of hydrogen-bond acceptors (Lipinski definition) is 2. The highest BCUT2D eigenvalue weighted by atomic mass is 16.4. The van der Waals surface area contributed by atoms with Gasteiger partial charge < -0.3 is 10.4 Å². The molecule has 0 aliphatic heterocycles. The van der Waals surface area contributed by atoms with E-state index in [0.29, 0.717) is 6.42 Å². The lowest BCUT2D eigenvalue weighted by Gasteiger charge is -2.28. The third kappa shape index (κ3) is 2.05. The van der Waals surface area contributed by atoms with Crippen LogP contribution in [0.3, 0.4) is 0 Å². The Bertz CT molecular complexity index is 364. The summed E-state index contributed by atoms with van der Waals surface area (Å²) >= 11 is 0. The summed E-state index contributed by atoms with van der Waals surface area (Å²) < 4.78 is 0. The molecule has 0 spiro atoms. The molecule has 2 N–H and O–H groups in total. The summed E-state index contributed by atoms with van der Waals surface area (Å²) in [4.78, 5) is 23.3. The summed E-state index contributed by atoms with van der Waals surface area (Å²) in [7, 11) is 0. The van der Waals surface area contributed by atoms with Crippen LogP contribution in [0, 0.1) is 16.7 Å². The fourth-order valence-electron chi connectivity index (χ4n) is 2.84. The van der Waals surface area contributed by atoms with Crippen molar-refractivity contribution in [3.05, 3.63) is 0 Å². The molecule has 3 atom stereocenters. The third-order valence-corrected chi connectivity index (χ3v) is 4.59. The van der Waals surface area contributed by atoms with Gasteiger partial charge in [0, 0.05) is 12.0 Å². The van der Waals surface area contributed by atoms with Gasteiger partial charge in [0.15, 0.2) is 0 Å². The van der Waals surface area contributed by atoms with E-state index in [9.17, 15) is 14.7 Å². The lowest BCUT2D eigenvalue weighted by molar-refractivity contribution is -0.149. The molecule has 2 aliphatic rings. The van der Waals surface area contributed by atoms with Crippen LogP contribution in [0.25, 0.3) is 0 Å². The minimum absolute atomic E-state index is 0.0365. The van der Waals surface area contributed by atoms with Crippen molar-refractivity contribution in [2.45, 2.75) is 52.5 Å². The van der Waals surface area contributed by atoms with Crippen molar-refractivity contribution in [1.82, 2.24) is 5.32 Å². The molecule has 0 aromatic rings. The molecule has 2 saturated carbocycles. The number of amides is 1. The van der Waals surface area contributed by atoms with Gasteiger partial charge in [0.05, 0.1) is 5.41 Å². The zero-order chi connectivity index (χ0) is 12.8. The average molecular weight is 239 g/mol. The van der Waals surface area contributed by atoms with E-state index in [1.165, 1.54) is 0 Å². The fourth-order valence-corrected chi connectivity index (χ4v) is 2.84. The number of rotatable bonds is 3. The van der Waals surface area contributed by atoms with E-state index in [1.807, 2.05) is 0 Å². The smallest absolute Gasteiger partial charge is 0.311 e. The summed E-state index contributed by atoms with van der Waals surface area (Å²) in [5, 5.41) is 12.2. The summed E-state index contributed by atoms with van der Waals surface area (Å²) in [5.41, 5.74) is -0.684. The Balaban J connectivity index is 2.00. The monoisotopic (exact) mass is 239 g/mol. The Morgan fingerprint density at radius 2 is 1.88 bits per heavy atom. The molecular formula is C13H21NO3. The van der Waals surface area contributed by atoms with Crippen molar-refractivity contribution in [3.63, 3.8) is 0 Å². The number of carbonyl (C=O) groups excluding carboxylic acids is 1. The first-order chi connectivity index (χ1) is 7.77. The second kappa shape index (κ2) is 3.72. The molecule has 0 radical (unpaired) electrons. The quantitative estimate of drug-likeness (QED) is 0.789. The van der Waals surface area contributed by atoms with Gasteiger partial charge in [0.25, 0.3) is 0 Å². The van der Waals surface area contributed by atoms with Crippen LogP contribution in [0.5, 0.6) is 0 Å². The van der Waals surface area contributed by atoms with Crippen LogP contribution in [0.4, 0.5) is 0 Å². The minimum Gasteiger partial charge on any atom is -0.481 e. The molecule has 2 rings (SSSR count). The van der Waals surface area contributed by atoms with E-state index in [1.54, 1.807) is 6.92 Å². The molecule has 0 saturated heterocycles. The van der Waals surface area contributed by atoms with Gasteiger partial charge in [-0.1, -0.05) is 20.3 Å². The number of hydrogen-bond donors (Lipinski definition) is 2. The molecule has 4 heteroatoms. The first kappa shape index (κ1) is 12.4. The first-order valence-corrected chi connectivity index (χ1v) is 6.31. The Morgan fingerprint density at radius 1 is 1.29 bits per heavy atom. The van der Waals surface area contributed by atoms with Crippen molar-refractivity contribution in [2.24, 2.45) is 16.7 Å². The molecular weight excluding hydrogens is 218 g/mol. The third-order valence-electron chi connectivity index (χ3n) is 4.59. The summed E-state index contributed by atoms with van der Waals surface area (Å²) in [5.74, 6) is -0.689. The van der Waals surface area contributed by atoms with Gasteiger partial charge in [0.1, 0.15) is 0 Å². The van der Waals surface area contributed by atoms with E-state index in [2.05, 4.69) is 19.2 Å². The van der Waals surface area contributed by atoms with Crippen molar-refractivity contribution in [2.75, 3.05) is 0 Å². The van der Waals surface area contributed by atoms with Gasteiger partial charge in [0.2, 0.25) is 5.91 Å². The van der Waals surface area contributed by atoms with Crippen molar-refractivity contribution < 1.29 is 14.7 Å². The second-order valence-electron chi connectivity index (χ2n) is 6.42. The Morgan fingerprint density at radius 3 is 2.35 bits per heavy atom. The van der Waals surface area contributed by atoms with Gasteiger partial charge in [-0.15, -0.1) is 0 Å². The van der Waals surface area contributed by atoms with Gasteiger partial charge in [-0.3, -0.25) is 9.59 Å². The molecule has 0 aromatic carbocycles. The van der Waals surface area contributed by atoms with E-state index in [4.69, 9.17) is 0 Å². The number of aliphatic carboxylic acids is 1. The number of carboxylic acid groups (broad SMARTS) is 1. The van der Waals surface area contributed by atoms with Crippen LogP contribution >= 0.6 is 0 Å². The van der Waals surface area contributed by atoms with E-state index < -0.39 is 11.4 Å². The average Bonchev–Trinajstić information content (AvgIpc) is 2.69. The van der Waals surface area contributed by atoms with E-state index in [-0.39, 0.29) is 23.3 Å². The molecule has 2 aliphatic carbocycles. The minimum atomic E-state index is -0.796. The topological polar surface area (TPSA) is 66.4 Å². The Kier molecular flexibility index (Phi) is 2.71. The van der Waals surface area contributed by atoms with Gasteiger partial charge in [-0.25, -0.2) is 0 Å². The Hall–Kier alpha value is -1.06. The van der Waals surface area contributed by atoms with Crippen LogP contribution in [0.2, 0.25) is 0 Å². The predicted octanol–water partition coefficient (Wildman–Crippen LogP) is 1.79. The largest absolute Gasteiger partial charge is 0.481 e. The Labute approximate surface area is 102 Å². The molecule has 0 heterocycles. The normalized spacial score (nSPS) is 38.8. The molecule has 1 amide bonds. The SMILES string of the molecule is CC1(C)CC1C(=O)NC1CCCC1(C)C(=O)O. The molecule has 0 bridgehead atoms. The molecule has 0 aromatic heterocycles. The molecule has 4 nitrogen and oxygen atoms in total. The number of carbonyl (C=O) groups is 2. The van der Waals surface area contributed by atoms with Crippen LogP contribution in [-0.4, -0.2) is 23.0 Å². The van der Waals surface area contributed by atoms with E-state index in [0.717, 1.165) is 19.3 Å². The molecule has 2 fully saturated rings. The summed E-state index contributed by atoms with van der Waals surface area (Å²) in [6, 6.07) is -0.205. The zero-order valence-electron chi connectivity index (χ0n) is 10.7. The fraction of sp³-hybridized carbons (Fsp3) is 0.846. The van der Waals surface area contributed by atoms with Crippen LogP contribution in [0.1, 0.15) is 46.5 Å². The van der Waals surface area contributed by atoms with Crippen molar-refractivity contribution >= 4 is 11.9 Å². The zero-order valence-corrected chi connectivity index (χ0v) is 10.7. The maximum atomic E-state index is 12.0. The second-order valence-corrected chi connectivity index (χ2v) is 6.42. The highest BCUT2D eigenvalue weighted by Crippen LogP contribution is 2.52. The standard InChI is InChI=1S/C13H21NO3/c1-12(2)7-8(12)10(15)14-9-5-4-6-13(9,3)11(16)17/h8-9H,4-7H2,1-3H3,(H,14,15)(H,16,17). The predicted molar refractivity (Wildman–Crippen MR) is 63.4 cm³/mol. The maximum Gasteiger partial charge on any atom is 0.311 e. The van der Waals surface area contributed by atoms with Crippen LogP contribution in [-0.2, 0) is 9.59 Å². The highest BCUT2D eigenvalue weighted by molar-refractivity contribution is 5.84. The highest BCUT2D eigenvalue weighted by Gasteiger charge is 2.53. The van der Waals surface area contributed by atoms with E-state index >= 15 is 0 Å². The lowest BCUT2D eigenvalue weighted by Crippen LogP contribution is -2.47. The van der Waals surface area contributed by atoms with Crippen LogP contribution in [0.15, 0.2) is 0 Å².